The highest BCUT2D eigenvalue weighted by Crippen LogP contribution is 2.35. The number of rotatable bonds is 7. The number of benzene rings is 1. The van der Waals surface area contributed by atoms with E-state index in [1.165, 1.54) is 28.1 Å². The molecule has 0 aliphatic carbocycles. The standard InChI is InChI=1S/C20H24N2O7/c1-6-29-19(26)14(11(2)23)15(12-7-9-13(28-5)10-8-12)16-17(24)21(3)20(27)22(4)18(16)25/h7-10,14-15,24H,6H2,1-5H3/p-1. The maximum atomic E-state index is 12.9. The number of nitrogens with zero attached hydrogens (tertiary/aromatic N) is 2. The summed E-state index contributed by atoms with van der Waals surface area (Å²) in [6.45, 7) is 2.80. The van der Waals surface area contributed by atoms with Gasteiger partial charge in [0, 0.05) is 25.6 Å². The molecule has 2 rings (SSSR count). The van der Waals surface area contributed by atoms with Gasteiger partial charge in [0.05, 0.1) is 13.7 Å². The van der Waals surface area contributed by atoms with E-state index in [0.717, 1.165) is 9.13 Å². The van der Waals surface area contributed by atoms with Crippen molar-refractivity contribution in [3.8, 4) is 11.6 Å². The highest BCUT2D eigenvalue weighted by Gasteiger charge is 2.38. The third-order valence-electron chi connectivity index (χ3n) is 4.74. The minimum absolute atomic E-state index is 0.0213. The van der Waals surface area contributed by atoms with Crippen LogP contribution in [0.4, 0.5) is 0 Å². The van der Waals surface area contributed by atoms with Crippen molar-refractivity contribution in [2.24, 2.45) is 20.0 Å². The van der Waals surface area contributed by atoms with E-state index < -0.39 is 40.7 Å². The largest absolute Gasteiger partial charge is 0.860 e. The lowest BCUT2D eigenvalue weighted by molar-refractivity contribution is -0.281. The fraction of sp³-hybridized carbons (Fsp3) is 0.400. The molecule has 0 amide bonds. The van der Waals surface area contributed by atoms with Crippen LogP contribution in [0, 0.1) is 5.92 Å². The lowest BCUT2D eigenvalue weighted by Gasteiger charge is -2.29. The molecule has 9 heteroatoms. The van der Waals surface area contributed by atoms with E-state index in [2.05, 4.69) is 0 Å². The Morgan fingerprint density at radius 2 is 1.69 bits per heavy atom. The Hall–Kier alpha value is -3.36. The van der Waals surface area contributed by atoms with E-state index in [1.807, 2.05) is 0 Å². The van der Waals surface area contributed by atoms with Crippen molar-refractivity contribution in [1.29, 1.82) is 0 Å². The lowest BCUT2D eigenvalue weighted by Crippen LogP contribution is -2.43. The van der Waals surface area contributed by atoms with E-state index in [9.17, 15) is 24.3 Å². The third-order valence-corrected chi connectivity index (χ3v) is 4.74. The Balaban J connectivity index is 2.88. The van der Waals surface area contributed by atoms with Crippen LogP contribution in [0.5, 0.6) is 11.6 Å². The van der Waals surface area contributed by atoms with Gasteiger partial charge in [-0.05, 0) is 37.4 Å². The fourth-order valence-corrected chi connectivity index (χ4v) is 3.22. The van der Waals surface area contributed by atoms with Crippen LogP contribution in [0.2, 0.25) is 0 Å². The molecule has 0 saturated heterocycles. The van der Waals surface area contributed by atoms with Gasteiger partial charge in [-0.15, -0.1) is 0 Å². The first kappa shape index (κ1) is 21.9. The van der Waals surface area contributed by atoms with E-state index in [-0.39, 0.29) is 12.2 Å². The van der Waals surface area contributed by atoms with Gasteiger partial charge in [0.25, 0.3) is 5.56 Å². The molecule has 9 nitrogen and oxygen atoms in total. The number of ketones is 1. The van der Waals surface area contributed by atoms with Crippen molar-refractivity contribution >= 4 is 11.8 Å². The van der Waals surface area contributed by atoms with Crippen molar-refractivity contribution in [3.05, 3.63) is 56.2 Å². The van der Waals surface area contributed by atoms with Gasteiger partial charge in [-0.2, -0.15) is 0 Å². The smallest absolute Gasteiger partial charge is 0.329 e. The van der Waals surface area contributed by atoms with Crippen molar-refractivity contribution < 1.29 is 24.2 Å². The zero-order valence-corrected chi connectivity index (χ0v) is 16.9. The van der Waals surface area contributed by atoms with Gasteiger partial charge in [-0.25, -0.2) is 4.79 Å². The molecule has 1 aromatic heterocycles. The zero-order valence-electron chi connectivity index (χ0n) is 16.9. The second-order valence-corrected chi connectivity index (χ2v) is 6.52. The van der Waals surface area contributed by atoms with Crippen LogP contribution < -0.4 is 21.1 Å². The summed E-state index contributed by atoms with van der Waals surface area (Å²) in [5, 5.41) is 12.9. The van der Waals surface area contributed by atoms with Gasteiger partial charge in [-0.1, -0.05) is 12.1 Å². The molecular weight excluding hydrogens is 380 g/mol. The molecule has 156 valence electrons. The normalized spacial score (nSPS) is 12.9. The number of carbonyl (C=O) groups is 2. The summed E-state index contributed by atoms with van der Waals surface area (Å²) in [6.07, 6.45) is 0. The van der Waals surface area contributed by atoms with Crippen molar-refractivity contribution in [2.45, 2.75) is 19.8 Å². The zero-order chi connectivity index (χ0) is 21.9. The molecule has 0 radical (unpaired) electrons. The van der Waals surface area contributed by atoms with Crippen LogP contribution in [-0.2, 0) is 28.4 Å². The number of carbonyl (C=O) groups excluding carboxylic acids is 2. The minimum atomic E-state index is -1.43. The Labute approximate surface area is 167 Å². The average Bonchev–Trinajstić information content (AvgIpc) is 2.70. The second kappa shape index (κ2) is 8.76. The summed E-state index contributed by atoms with van der Waals surface area (Å²) in [7, 11) is 3.93. The highest BCUT2D eigenvalue weighted by atomic mass is 16.5. The molecule has 1 aromatic carbocycles. The molecule has 1 heterocycles. The quantitative estimate of drug-likeness (QED) is 0.474. The van der Waals surface area contributed by atoms with Crippen LogP contribution in [0.15, 0.2) is 33.9 Å². The van der Waals surface area contributed by atoms with Crippen molar-refractivity contribution in [3.63, 3.8) is 0 Å². The summed E-state index contributed by atoms with van der Waals surface area (Å²) < 4.78 is 11.7. The van der Waals surface area contributed by atoms with Gasteiger partial charge in [-0.3, -0.25) is 19.0 Å². The van der Waals surface area contributed by atoms with E-state index in [1.54, 1.807) is 31.2 Å². The van der Waals surface area contributed by atoms with Gasteiger partial charge in [0.1, 0.15) is 17.5 Å². The van der Waals surface area contributed by atoms with Crippen LogP contribution >= 0.6 is 0 Å². The number of ether oxygens (including phenoxy) is 2. The predicted molar refractivity (Wildman–Crippen MR) is 102 cm³/mol. The molecule has 0 saturated carbocycles. The first-order valence-corrected chi connectivity index (χ1v) is 8.93. The summed E-state index contributed by atoms with van der Waals surface area (Å²) in [6, 6.07) is 6.29. The Morgan fingerprint density at radius 3 is 2.17 bits per heavy atom. The number of aromatic nitrogens is 2. The number of hydrogen-bond acceptors (Lipinski definition) is 7. The fourth-order valence-electron chi connectivity index (χ4n) is 3.22. The van der Waals surface area contributed by atoms with Crippen LogP contribution in [0.1, 0.15) is 30.9 Å². The number of methoxy groups -OCH3 is 1. The van der Waals surface area contributed by atoms with Gasteiger partial charge in [0.2, 0.25) is 0 Å². The molecule has 0 aliphatic heterocycles. The van der Waals surface area contributed by atoms with E-state index in [0.29, 0.717) is 11.3 Å². The van der Waals surface area contributed by atoms with Crippen molar-refractivity contribution in [2.75, 3.05) is 13.7 Å². The van der Waals surface area contributed by atoms with Crippen LogP contribution in [0.25, 0.3) is 0 Å². The topological polar surface area (TPSA) is 120 Å². The van der Waals surface area contributed by atoms with Gasteiger partial charge >= 0.3 is 11.7 Å². The van der Waals surface area contributed by atoms with E-state index >= 15 is 0 Å². The number of Topliss-reactive ketones (excluding diaryl/α,β-unsaturated/α-hetero) is 1. The Kier molecular flexibility index (Phi) is 6.63. The maximum Gasteiger partial charge on any atom is 0.329 e. The summed E-state index contributed by atoms with van der Waals surface area (Å²) in [5.41, 5.74) is -1.65. The molecule has 0 fully saturated rings. The SMILES string of the molecule is CCOC(=O)C(C(C)=O)C(c1ccc(OC)cc1)c1c([O-])n(C)c(=O)n(C)c1=O. The summed E-state index contributed by atoms with van der Waals surface area (Å²) in [4.78, 5) is 50.0. The Morgan fingerprint density at radius 1 is 1.10 bits per heavy atom. The van der Waals surface area contributed by atoms with Gasteiger partial charge < -0.3 is 19.1 Å². The van der Waals surface area contributed by atoms with Gasteiger partial charge in [0.15, 0.2) is 0 Å². The third kappa shape index (κ3) is 4.08. The Bertz CT molecular complexity index is 1030. The molecule has 0 bridgehead atoms. The average molecular weight is 403 g/mol. The molecular formula is C20H23N2O7-. The molecule has 2 aromatic rings. The predicted octanol–water partition coefficient (Wildman–Crippen LogP) is 0.0664. The minimum Gasteiger partial charge on any atom is -0.860 e. The number of esters is 1. The molecule has 0 N–H and O–H groups in total. The second-order valence-electron chi connectivity index (χ2n) is 6.52. The van der Waals surface area contributed by atoms with Crippen LogP contribution in [0.3, 0.4) is 0 Å². The summed E-state index contributed by atoms with van der Waals surface area (Å²) >= 11 is 0. The molecule has 2 atom stereocenters. The molecule has 29 heavy (non-hydrogen) atoms. The van der Waals surface area contributed by atoms with Crippen LogP contribution in [-0.4, -0.2) is 34.6 Å². The molecule has 0 spiro atoms. The van der Waals surface area contributed by atoms with Crippen molar-refractivity contribution in [1.82, 2.24) is 9.13 Å². The summed E-state index contributed by atoms with van der Waals surface area (Å²) in [5.74, 6) is -4.43. The molecule has 2 unspecified atom stereocenters. The molecule has 0 aliphatic rings. The number of hydrogen-bond donors (Lipinski definition) is 0. The van der Waals surface area contributed by atoms with E-state index in [4.69, 9.17) is 9.47 Å². The highest BCUT2D eigenvalue weighted by molar-refractivity contribution is 5.99. The monoisotopic (exact) mass is 403 g/mol. The first-order valence-electron chi connectivity index (χ1n) is 8.93. The first-order chi connectivity index (χ1) is 13.6. The maximum absolute atomic E-state index is 12.9. The lowest BCUT2D eigenvalue weighted by atomic mass is 9.79.